The Morgan fingerprint density at radius 3 is 2.82 bits per heavy atom. The van der Waals surface area contributed by atoms with Gasteiger partial charge in [0.1, 0.15) is 0 Å². The number of allylic oxidation sites excluding steroid dienone is 1. The summed E-state index contributed by atoms with van der Waals surface area (Å²) in [5.74, 6) is -0.213. The summed E-state index contributed by atoms with van der Waals surface area (Å²) in [6.07, 6.45) is 6.30. The fourth-order valence-electron chi connectivity index (χ4n) is 2.45. The number of H-pyrrole nitrogens is 1. The van der Waals surface area contributed by atoms with Crippen LogP contribution in [-0.4, -0.2) is 16.9 Å². The molecule has 3 rings (SSSR count). The molecular formula is C16H18N4O2. The van der Waals surface area contributed by atoms with E-state index in [0.717, 1.165) is 30.2 Å². The molecule has 5 N–H and O–H groups in total. The number of nitrogens with two attached hydrogens (primary N) is 1. The van der Waals surface area contributed by atoms with E-state index in [1.165, 1.54) is 6.08 Å². The molecule has 1 heterocycles. The average molecular weight is 298 g/mol. The molecule has 6 nitrogen and oxygen atoms in total. The molecule has 0 radical (unpaired) electrons. The highest BCUT2D eigenvalue weighted by Crippen LogP contribution is 2.30. The third kappa shape index (κ3) is 3.11. The minimum absolute atomic E-state index is 0.282. The van der Waals surface area contributed by atoms with Crippen LogP contribution in [0.5, 0.6) is 0 Å². The summed E-state index contributed by atoms with van der Waals surface area (Å²) in [4.78, 5) is 26.6. The summed E-state index contributed by atoms with van der Waals surface area (Å²) >= 11 is 0. The number of amides is 3. The second-order valence-electron chi connectivity index (χ2n) is 5.50. The van der Waals surface area contributed by atoms with Crippen molar-refractivity contribution in [3.63, 3.8) is 0 Å². The molecule has 2 aromatic rings. The average Bonchev–Trinajstić information content (AvgIpc) is 2.83. The van der Waals surface area contributed by atoms with Crippen LogP contribution in [0.15, 0.2) is 42.2 Å². The molecule has 0 atom stereocenters. The Bertz CT molecular complexity index is 743. The van der Waals surface area contributed by atoms with Gasteiger partial charge in [0.25, 0.3) is 5.91 Å². The summed E-state index contributed by atoms with van der Waals surface area (Å²) in [5, 5.41) is 5.87. The Morgan fingerprint density at radius 1 is 1.27 bits per heavy atom. The van der Waals surface area contributed by atoms with Crippen LogP contribution in [0.4, 0.5) is 10.5 Å². The minimum atomic E-state index is -0.572. The lowest BCUT2D eigenvalue weighted by molar-refractivity contribution is -0.115. The van der Waals surface area contributed by atoms with E-state index >= 15 is 0 Å². The monoisotopic (exact) mass is 298 g/mol. The fourth-order valence-corrected chi connectivity index (χ4v) is 2.45. The Morgan fingerprint density at radius 2 is 2.09 bits per heavy atom. The van der Waals surface area contributed by atoms with Gasteiger partial charge in [-0.3, -0.25) is 10.1 Å². The van der Waals surface area contributed by atoms with E-state index in [0.29, 0.717) is 11.4 Å². The molecule has 3 amide bonds. The number of carbonyl (C=O) groups excluding carboxylic acids is 2. The number of aromatic amines is 1. The highest BCUT2D eigenvalue weighted by atomic mass is 16.2. The standard InChI is InChI=1S/C16H18N4O2/c17-13(10-2-1-3-10)9-15(21)20-16(22)19-12-4-5-14-11(8-12)6-7-18-14/h4-10,18H,1-3,17H2,(H2,19,20,21,22)/b13-9-. The van der Waals surface area contributed by atoms with Crippen molar-refractivity contribution in [2.75, 3.05) is 5.32 Å². The lowest BCUT2D eigenvalue weighted by Gasteiger charge is -2.25. The molecular weight excluding hydrogens is 280 g/mol. The SMILES string of the molecule is N/C(=C\C(=O)NC(=O)Nc1ccc2[nH]ccc2c1)C1CCC1. The lowest BCUT2D eigenvalue weighted by atomic mass is 9.83. The maximum Gasteiger partial charge on any atom is 0.326 e. The quantitative estimate of drug-likeness (QED) is 0.655. The number of nitrogens with one attached hydrogen (secondary N) is 3. The summed E-state index contributed by atoms with van der Waals surface area (Å²) in [5.41, 5.74) is 7.97. The topological polar surface area (TPSA) is 100 Å². The number of hydrogen-bond donors (Lipinski definition) is 4. The Balaban J connectivity index is 1.58. The molecule has 1 saturated carbocycles. The van der Waals surface area contributed by atoms with E-state index in [1.807, 2.05) is 24.4 Å². The van der Waals surface area contributed by atoms with E-state index in [1.54, 1.807) is 6.07 Å². The van der Waals surface area contributed by atoms with E-state index in [9.17, 15) is 9.59 Å². The molecule has 0 bridgehead atoms. The van der Waals surface area contributed by atoms with Crippen molar-refractivity contribution in [1.29, 1.82) is 0 Å². The number of anilines is 1. The van der Waals surface area contributed by atoms with Gasteiger partial charge in [-0.1, -0.05) is 6.42 Å². The van der Waals surface area contributed by atoms with Crippen LogP contribution in [-0.2, 0) is 4.79 Å². The highest BCUT2D eigenvalue weighted by Gasteiger charge is 2.20. The molecule has 0 spiro atoms. The largest absolute Gasteiger partial charge is 0.402 e. The Kier molecular flexibility index (Phi) is 3.82. The second-order valence-corrected chi connectivity index (χ2v) is 5.50. The molecule has 0 unspecified atom stereocenters. The zero-order chi connectivity index (χ0) is 15.5. The van der Waals surface area contributed by atoms with Crippen LogP contribution in [0.25, 0.3) is 10.9 Å². The molecule has 6 heteroatoms. The van der Waals surface area contributed by atoms with E-state index in [-0.39, 0.29) is 5.92 Å². The number of rotatable bonds is 3. The Labute approximate surface area is 127 Å². The van der Waals surface area contributed by atoms with Gasteiger partial charge in [-0.15, -0.1) is 0 Å². The van der Waals surface area contributed by atoms with Crippen LogP contribution >= 0.6 is 0 Å². The van der Waals surface area contributed by atoms with Crippen molar-refractivity contribution >= 4 is 28.5 Å². The van der Waals surface area contributed by atoms with Gasteiger partial charge in [-0.25, -0.2) is 4.79 Å². The zero-order valence-corrected chi connectivity index (χ0v) is 12.1. The van der Waals surface area contributed by atoms with Crippen molar-refractivity contribution in [2.45, 2.75) is 19.3 Å². The lowest BCUT2D eigenvalue weighted by Crippen LogP contribution is -2.34. The number of hydrogen-bond acceptors (Lipinski definition) is 3. The second kappa shape index (κ2) is 5.93. The molecule has 0 saturated heterocycles. The summed E-state index contributed by atoms with van der Waals surface area (Å²) in [6, 6.07) is 6.79. The third-order valence-electron chi connectivity index (χ3n) is 3.92. The Hall–Kier alpha value is -2.76. The van der Waals surface area contributed by atoms with Crippen molar-refractivity contribution < 1.29 is 9.59 Å². The van der Waals surface area contributed by atoms with Crippen molar-refractivity contribution in [3.05, 3.63) is 42.2 Å². The summed E-state index contributed by atoms with van der Waals surface area (Å²) in [7, 11) is 0. The van der Waals surface area contributed by atoms with Crippen LogP contribution in [0.3, 0.4) is 0 Å². The molecule has 22 heavy (non-hydrogen) atoms. The fraction of sp³-hybridized carbons (Fsp3) is 0.250. The smallest absolute Gasteiger partial charge is 0.326 e. The number of benzene rings is 1. The van der Waals surface area contributed by atoms with Gasteiger partial charge < -0.3 is 16.0 Å². The van der Waals surface area contributed by atoms with E-state index in [2.05, 4.69) is 15.6 Å². The molecule has 1 aliphatic rings. The number of fused-ring (bicyclic) bond motifs is 1. The normalized spacial score (nSPS) is 15.4. The van der Waals surface area contributed by atoms with Gasteiger partial charge in [0, 0.05) is 34.6 Å². The van der Waals surface area contributed by atoms with Gasteiger partial charge >= 0.3 is 6.03 Å². The van der Waals surface area contributed by atoms with Crippen molar-refractivity contribution in [3.8, 4) is 0 Å². The molecule has 1 fully saturated rings. The van der Waals surface area contributed by atoms with Crippen LogP contribution in [0, 0.1) is 5.92 Å². The highest BCUT2D eigenvalue weighted by molar-refractivity contribution is 6.05. The van der Waals surface area contributed by atoms with E-state index < -0.39 is 11.9 Å². The predicted octanol–water partition coefficient (Wildman–Crippen LogP) is 2.46. The van der Waals surface area contributed by atoms with Crippen molar-refractivity contribution in [2.24, 2.45) is 11.7 Å². The molecule has 114 valence electrons. The minimum Gasteiger partial charge on any atom is -0.402 e. The van der Waals surface area contributed by atoms with Crippen LogP contribution in [0.2, 0.25) is 0 Å². The van der Waals surface area contributed by atoms with E-state index in [4.69, 9.17) is 5.73 Å². The number of imide groups is 1. The summed E-state index contributed by atoms with van der Waals surface area (Å²) in [6.45, 7) is 0. The van der Waals surface area contributed by atoms with Gasteiger partial charge in [0.15, 0.2) is 0 Å². The maximum absolute atomic E-state index is 11.8. The maximum atomic E-state index is 11.8. The van der Waals surface area contributed by atoms with Crippen molar-refractivity contribution in [1.82, 2.24) is 10.3 Å². The number of urea groups is 1. The van der Waals surface area contributed by atoms with Crippen LogP contribution in [0.1, 0.15) is 19.3 Å². The third-order valence-corrected chi connectivity index (χ3v) is 3.92. The van der Waals surface area contributed by atoms with Gasteiger partial charge in [-0.05, 0) is 43.0 Å². The van der Waals surface area contributed by atoms with Crippen LogP contribution < -0.4 is 16.4 Å². The van der Waals surface area contributed by atoms with Gasteiger partial charge in [0.2, 0.25) is 0 Å². The first kappa shape index (κ1) is 14.2. The molecule has 1 aromatic heterocycles. The predicted molar refractivity (Wildman–Crippen MR) is 85.1 cm³/mol. The first-order valence-corrected chi connectivity index (χ1v) is 7.28. The van der Waals surface area contributed by atoms with Gasteiger partial charge in [-0.2, -0.15) is 0 Å². The molecule has 1 aliphatic carbocycles. The first-order valence-electron chi connectivity index (χ1n) is 7.28. The number of carbonyl (C=O) groups is 2. The number of aromatic nitrogens is 1. The van der Waals surface area contributed by atoms with Gasteiger partial charge in [0.05, 0.1) is 0 Å². The molecule has 0 aliphatic heterocycles. The molecule has 1 aromatic carbocycles. The first-order chi connectivity index (χ1) is 10.6. The summed E-state index contributed by atoms with van der Waals surface area (Å²) < 4.78 is 0. The zero-order valence-electron chi connectivity index (χ0n) is 12.1.